The van der Waals surface area contributed by atoms with Crippen molar-refractivity contribution < 1.29 is 4.92 Å². The van der Waals surface area contributed by atoms with Gasteiger partial charge in [0, 0.05) is 23.6 Å². The average Bonchev–Trinajstić information content (AvgIpc) is 2.37. The fourth-order valence-corrected chi connectivity index (χ4v) is 2.80. The summed E-state index contributed by atoms with van der Waals surface area (Å²) in [6, 6.07) is 5.78. The van der Waals surface area contributed by atoms with Crippen LogP contribution < -0.4 is 5.32 Å². The van der Waals surface area contributed by atoms with E-state index in [1.807, 2.05) is 19.1 Å². The fraction of sp³-hybridized carbons (Fsp3) is 0.625. The van der Waals surface area contributed by atoms with Crippen LogP contribution in [0.3, 0.4) is 0 Å². The summed E-state index contributed by atoms with van der Waals surface area (Å²) in [6.07, 6.45) is 1.06. The molecular weight excluding hydrogens is 252 g/mol. The largest absolute Gasteiger partial charge is 0.314 e. The summed E-state index contributed by atoms with van der Waals surface area (Å²) in [6.45, 7) is 11.3. The molecule has 2 atom stereocenters. The van der Waals surface area contributed by atoms with Gasteiger partial charge in [0.15, 0.2) is 0 Å². The molecule has 0 heterocycles. The molecule has 0 aliphatic heterocycles. The molecule has 0 bridgehead atoms. The van der Waals surface area contributed by atoms with Crippen molar-refractivity contribution in [2.75, 3.05) is 6.54 Å². The minimum atomic E-state index is -0.260. The maximum atomic E-state index is 11.3. The Morgan fingerprint density at radius 2 is 1.95 bits per heavy atom. The second kappa shape index (κ2) is 7.39. The highest BCUT2D eigenvalue weighted by atomic mass is 16.6. The number of hydrogen-bond donors (Lipinski definition) is 1. The van der Waals surface area contributed by atoms with E-state index in [0.29, 0.717) is 5.92 Å². The summed E-state index contributed by atoms with van der Waals surface area (Å²) in [5, 5.41) is 14.8. The number of nitrogens with zero attached hydrogens (tertiary/aromatic N) is 1. The summed E-state index contributed by atoms with van der Waals surface area (Å²) < 4.78 is 0. The van der Waals surface area contributed by atoms with Gasteiger partial charge < -0.3 is 5.32 Å². The molecule has 0 saturated carbocycles. The molecule has 1 rings (SSSR count). The van der Waals surface area contributed by atoms with Gasteiger partial charge in [-0.25, -0.2) is 0 Å². The van der Waals surface area contributed by atoms with Crippen molar-refractivity contribution in [3.8, 4) is 0 Å². The lowest BCUT2D eigenvalue weighted by Crippen LogP contribution is -2.35. The summed E-state index contributed by atoms with van der Waals surface area (Å²) in [7, 11) is 0. The van der Waals surface area contributed by atoms with Crippen molar-refractivity contribution in [1.82, 2.24) is 5.32 Å². The Balaban J connectivity index is 3.18. The van der Waals surface area contributed by atoms with E-state index in [1.54, 1.807) is 6.07 Å². The lowest BCUT2D eigenvalue weighted by atomic mass is 9.82. The first-order valence-electron chi connectivity index (χ1n) is 7.36. The third-order valence-corrected chi connectivity index (χ3v) is 3.71. The Morgan fingerprint density at radius 3 is 2.45 bits per heavy atom. The molecule has 0 aliphatic carbocycles. The standard InChI is InChI=1S/C16H26N2O2/c1-6-9-17-13(5)16(11(2)3)14-8-7-12(4)10-15(14)18(19)20/h7-8,10-11,13,16-17H,6,9H2,1-5H3. The monoisotopic (exact) mass is 278 g/mol. The van der Waals surface area contributed by atoms with Crippen molar-refractivity contribution in [2.45, 2.75) is 53.0 Å². The van der Waals surface area contributed by atoms with E-state index in [1.165, 1.54) is 0 Å². The van der Waals surface area contributed by atoms with Gasteiger partial charge in [0.05, 0.1) is 4.92 Å². The summed E-state index contributed by atoms with van der Waals surface area (Å²) in [5.41, 5.74) is 2.01. The van der Waals surface area contributed by atoms with E-state index in [4.69, 9.17) is 0 Å². The van der Waals surface area contributed by atoms with E-state index >= 15 is 0 Å². The minimum Gasteiger partial charge on any atom is -0.314 e. The third kappa shape index (κ3) is 4.04. The van der Waals surface area contributed by atoms with Gasteiger partial charge in [0.2, 0.25) is 0 Å². The van der Waals surface area contributed by atoms with E-state index in [9.17, 15) is 10.1 Å². The summed E-state index contributed by atoms with van der Waals surface area (Å²) >= 11 is 0. The van der Waals surface area contributed by atoms with Gasteiger partial charge in [0.1, 0.15) is 0 Å². The Bertz CT molecular complexity index is 458. The van der Waals surface area contributed by atoms with Crippen LogP contribution in [-0.4, -0.2) is 17.5 Å². The molecule has 4 nitrogen and oxygen atoms in total. The van der Waals surface area contributed by atoms with Crippen LogP contribution in [0.4, 0.5) is 5.69 Å². The Hall–Kier alpha value is -1.42. The number of aryl methyl sites for hydroxylation is 1. The molecule has 0 spiro atoms. The van der Waals surface area contributed by atoms with Crippen LogP contribution in [0.15, 0.2) is 18.2 Å². The summed E-state index contributed by atoms with van der Waals surface area (Å²) in [4.78, 5) is 11.1. The molecule has 2 unspecified atom stereocenters. The van der Waals surface area contributed by atoms with Crippen LogP contribution >= 0.6 is 0 Å². The molecule has 112 valence electrons. The highest BCUT2D eigenvalue weighted by molar-refractivity contribution is 5.46. The van der Waals surface area contributed by atoms with Crippen molar-refractivity contribution in [3.63, 3.8) is 0 Å². The van der Waals surface area contributed by atoms with Crippen molar-refractivity contribution >= 4 is 5.69 Å². The van der Waals surface area contributed by atoms with Gasteiger partial charge in [-0.15, -0.1) is 0 Å². The number of nitrogens with one attached hydrogen (secondary N) is 1. The third-order valence-electron chi connectivity index (χ3n) is 3.71. The lowest BCUT2D eigenvalue weighted by molar-refractivity contribution is -0.385. The Kier molecular flexibility index (Phi) is 6.14. The van der Waals surface area contributed by atoms with Crippen molar-refractivity contribution in [1.29, 1.82) is 0 Å². The van der Waals surface area contributed by atoms with Crippen LogP contribution in [0.1, 0.15) is 51.2 Å². The van der Waals surface area contributed by atoms with Gasteiger partial charge in [-0.05, 0) is 38.3 Å². The van der Waals surface area contributed by atoms with E-state index < -0.39 is 0 Å². The first-order chi connectivity index (χ1) is 9.38. The van der Waals surface area contributed by atoms with Gasteiger partial charge in [0.25, 0.3) is 5.69 Å². The van der Waals surface area contributed by atoms with E-state index in [0.717, 1.165) is 24.1 Å². The molecule has 1 aromatic carbocycles. The van der Waals surface area contributed by atoms with Crippen LogP contribution in [0, 0.1) is 23.0 Å². The molecular formula is C16H26N2O2. The topological polar surface area (TPSA) is 55.2 Å². The van der Waals surface area contributed by atoms with Gasteiger partial charge in [-0.1, -0.05) is 32.9 Å². The molecule has 20 heavy (non-hydrogen) atoms. The fourth-order valence-electron chi connectivity index (χ4n) is 2.80. The molecule has 4 heteroatoms. The highest BCUT2D eigenvalue weighted by Crippen LogP contribution is 2.34. The van der Waals surface area contributed by atoms with Crippen LogP contribution in [0.5, 0.6) is 0 Å². The normalized spacial score (nSPS) is 14.3. The smallest absolute Gasteiger partial charge is 0.273 e. The summed E-state index contributed by atoms with van der Waals surface area (Å²) in [5.74, 6) is 0.485. The van der Waals surface area contributed by atoms with Gasteiger partial charge in [-0.2, -0.15) is 0 Å². The first kappa shape index (κ1) is 16.6. The zero-order valence-corrected chi connectivity index (χ0v) is 13.1. The van der Waals surface area contributed by atoms with Crippen LogP contribution in [0.2, 0.25) is 0 Å². The van der Waals surface area contributed by atoms with Crippen molar-refractivity contribution in [3.05, 3.63) is 39.4 Å². The second-order valence-electron chi connectivity index (χ2n) is 5.83. The molecule has 1 aromatic rings. The predicted octanol–water partition coefficient (Wildman–Crippen LogP) is 4.03. The molecule has 0 radical (unpaired) electrons. The SMILES string of the molecule is CCCNC(C)C(c1ccc(C)cc1[N+](=O)[O-])C(C)C. The molecule has 0 saturated heterocycles. The predicted molar refractivity (Wildman–Crippen MR) is 83.2 cm³/mol. The van der Waals surface area contributed by atoms with Gasteiger partial charge in [-0.3, -0.25) is 10.1 Å². The number of nitro benzene ring substituents is 1. The van der Waals surface area contributed by atoms with E-state index in [2.05, 4.69) is 33.0 Å². The van der Waals surface area contributed by atoms with E-state index in [-0.39, 0.29) is 22.6 Å². The maximum Gasteiger partial charge on any atom is 0.273 e. The number of hydrogen-bond acceptors (Lipinski definition) is 3. The van der Waals surface area contributed by atoms with Crippen LogP contribution in [0.25, 0.3) is 0 Å². The zero-order chi connectivity index (χ0) is 15.3. The lowest BCUT2D eigenvalue weighted by Gasteiger charge is -2.28. The quantitative estimate of drug-likeness (QED) is 0.605. The highest BCUT2D eigenvalue weighted by Gasteiger charge is 2.28. The second-order valence-corrected chi connectivity index (χ2v) is 5.83. The molecule has 0 fully saturated rings. The molecule has 0 amide bonds. The Morgan fingerprint density at radius 1 is 1.30 bits per heavy atom. The number of rotatable bonds is 7. The van der Waals surface area contributed by atoms with Crippen molar-refractivity contribution in [2.24, 2.45) is 5.92 Å². The maximum absolute atomic E-state index is 11.3. The van der Waals surface area contributed by atoms with Gasteiger partial charge >= 0.3 is 0 Å². The molecule has 0 aromatic heterocycles. The Labute approximate surface area is 121 Å². The average molecular weight is 278 g/mol. The molecule has 0 aliphatic rings. The first-order valence-corrected chi connectivity index (χ1v) is 7.36. The molecule has 1 N–H and O–H groups in total. The zero-order valence-electron chi connectivity index (χ0n) is 13.1. The van der Waals surface area contributed by atoms with Crippen LogP contribution in [-0.2, 0) is 0 Å². The minimum absolute atomic E-state index is 0.141. The number of benzene rings is 1. The number of nitro groups is 1.